The molecule has 1 unspecified atom stereocenters. The van der Waals surface area contributed by atoms with Gasteiger partial charge in [-0.05, 0) is 45.2 Å². The van der Waals surface area contributed by atoms with Gasteiger partial charge in [0.2, 0.25) is 5.91 Å². The Hall–Kier alpha value is -0.610. The third kappa shape index (κ3) is 3.95. The van der Waals surface area contributed by atoms with Crippen LogP contribution in [-0.4, -0.2) is 48.2 Å². The molecule has 0 radical (unpaired) electrons. The van der Waals surface area contributed by atoms with Gasteiger partial charge in [0.15, 0.2) is 0 Å². The predicted octanol–water partition coefficient (Wildman–Crippen LogP) is 1.14. The van der Waals surface area contributed by atoms with E-state index in [-0.39, 0.29) is 12.3 Å². The molecule has 1 saturated heterocycles. The molecule has 0 bridgehead atoms. The number of piperidine rings is 1. The van der Waals surface area contributed by atoms with Crippen LogP contribution in [0.25, 0.3) is 0 Å². The quantitative estimate of drug-likeness (QED) is 0.791. The molecule has 2 aliphatic rings. The van der Waals surface area contributed by atoms with Crippen LogP contribution in [-0.2, 0) is 4.79 Å². The maximum atomic E-state index is 11.8. The molecular formula is C14H26N2O2. The van der Waals surface area contributed by atoms with E-state index in [1.807, 2.05) is 0 Å². The van der Waals surface area contributed by atoms with Gasteiger partial charge in [-0.2, -0.15) is 0 Å². The number of nitrogens with zero attached hydrogens (tertiary/aromatic N) is 1. The van der Waals surface area contributed by atoms with Crippen LogP contribution in [0.4, 0.5) is 0 Å². The van der Waals surface area contributed by atoms with Gasteiger partial charge >= 0.3 is 0 Å². The van der Waals surface area contributed by atoms with Crippen LogP contribution in [0.2, 0.25) is 0 Å². The standard InChI is InChI=1S/C14H26N2O2/c1-16-8-4-5-12(11-16)10-15-13(17)9-14(18)6-2-3-7-14/h12,18H,2-11H2,1H3,(H,15,17). The summed E-state index contributed by atoms with van der Waals surface area (Å²) < 4.78 is 0. The molecule has 1 saturated carbocycles. The summed E-state index contributed by atoms with van der Waals surface area (Å²) in [5.41, 5.74) is -0.715. The second kappa shape index (κ2) is 6.02. The van der Waals surface area contributed by atoms with E-state index in [9.17, 15) is 9.90 Å². The molecule has 1 aliphatic carbocycles. The number of rotatable bonds is 4. The molecule has 2 fully saturated rings. The topological polar surface area (TPSA) is 52.6 Å². The molecular weight excluding hydrogens is 228 g/mol. The van der Waals surface area contributed by atoms with Gasteiger partial charge in [-0.15, -0.1) is 0 Å². The summed E-state index contributed by atoms with van der Waals surface area (Å²) in [6.45, 7) is 3.01. The number of hydrogen-bond donors (Lipinski definition) is 2. The van der Waals surface area contributed by atoms with Gasteiger partial charge in [-0.1, -0.05) is 12.8 Å². The Morgan fingerprint density at radius 2 is 2.11 bits per heavy atom. The van der Waals surface area contributed by atoms with Crippen molar-refractivity contribution in [2.45, 2.75) is 50.5 Å². The number of nitrogens with one attached hydrogen (secondary N) is 1. The smallest absolute Gasteiger partial charge is 0.222 e. The Morgan fingerprint density at radius 3 is 2.78 bits per heavy atom. The lowest BCUT2D eigenvalue weighted by Crippen LogP contribution is -2.41. The third-order valence-corrected chi connectivity index (χ3v) is 4.33. The van der Waals surface area contributed by atoms with Crippen LogP contribution in [0.5, 0.6) is 0 Å². The fourth-order valence-electron chi connectivity index (χ4n) is 3.27. The van der Waals surface area contributed by atoms with Crippen LogP contribution >= 0.6 is 0 Å². The van der Waals surface area contributed by atoms with Crippen molar-refractivity contribution >= 4 is 5.91 Å². The first-order valence-corrected chi connectivity index (χ1v) is 7.25. The summed E-state index contributed by atoms with van der Waals surface area (Å²) in [7, 11) is 2.13. The Morgan fingerprint density at radius 1 is 1.39 bits per heavy atom. The van der Waals surface area contributed by atoms with Crippen molar-refractivity contribution in [1.29, 1.82) is 0 Å². The van der Waals surface area contributed by atoms with Crippen molar-refractivity contribution in [3.63, 3.8) is 0 Å². The molecule has 2 rings (SSSR count). The van der Waals surface area contributed by atoms with Crippen molar-refractivity contribution in [2.75, 3.05) is 26.7 Å². The van der Waals surface area contributed by atoms with E-state index in [1.54, 1.807) is 0 Å². The average molecular weight is 254 g/mol. The minimum Gasteiger partial charge on any atom is -0.389 e. The lowest BCUT2D eigenvalue weighted by molar-refractivity contribution is -0.126. The molecule has 104 valence electrons. The third-order valence-electron chi connectivity index (χ3n) is 4.33. The van der Waals surface area contributed by atoms with Gasteiger partial charge in [-0.25, -0.2) is 0 Å². The fourth-order valence-corrected chi connectivity index (χ4v) is 3.27. The molecule has 4 heteroatoms. The minimum atomic E-state index is -0.715. The number of carbonyl (C=O) groups excluding carboxylic acids is 1. The number of carbonyl (C=O) groups is 1. The van der Waals surface area contributed by atoms with Gasteiger partial charge in [0.1, 0.15) is 0 Å². The lowest BCUT2D eigenvalue weighted by Gasteiger charge is -2.30. The predicted molar refractivity (Wildman–Crippen MR) is 71.3 cm³/mol. The normalized spacial score (nSPS) is 28.2. The Balaban J connectivity index is 1.68. The van der Waals surface area contributed by atoms with E-state index in [0.29, 0.717) is 5.92 Å². The Labute approximate surface area is 110 Å². The first kappa shape index (κ1) is 13.8. The van der Waals surface area contributed by atoms with Crippen molar-refractivity contribution in [2.24, 2.45) is 5.92 Å². The first-order valence-electron chi connectivity index (χ1n) is 7.25. The maximum Gasteiger partial charge on any atom is 0.222 e. The van der Waals surface area contributed by atoms with Crippen LogP contribution in [0.3, 0.4) is 0 Å². The number of amides is 1. The molecule has 1 heterocycles. The van der Waals surface area contributed by atoms with Crippen LogP contribution < -0.4 is 5.32 Å². The molecule has 1 amide bonds. The lowest BCUT2D eigenvalue weighted by atomic mass is 9.96. The summed E-state index contributed by atoms with van der Waals surface area (Å²) in [5, 5.41) is 13.2. The van der Waals surface area contributed by atoms with E-state index < -0.39 is 5.60 Å². The summed E-state index contributed by atoms with van der Waals surface area (Å²) in [4.78, 5) is 14.2. The largest absolute Gasteiger partial charge is 0.389 e. The van der Waals surface area contributed by atoms with E-state index >= 15 is 0 Å². The van der Waals surface area contributed by atoms with Crippen LogP contribution in [0.1, 0.15) is 44.9 Å². The highest BCUT2D eigenvalue weighted by Crippen LogP contribution is 2.32. The highest BCUT2D eigenvalue weighted by Gasteiger charge is 2.33. The van der Waals surface area contributed by atoms with E-state index in [2.05, 4.69) is 17.3 Å². The van der Waals surface area contributed by atoms with Crippen LogP contribution in [0.15, 0.2) is 0 Å². The molecule has 1 aliphatic heterocycles. The Bertz CT molecular complexity index is 288. The summed E-state index contributed by atoms with van der Waals surface area (Å²) >= 11 is 0. The zero-order chi connectivity index (χ0) is 13.0. The highest BCUT2D eigenvalue weighted by molar-refractivity contribution is 5.77. The number of aliphatic hydroxyl groups is 1. The van der Waals surface area contributed by atoms with Crippen molar-refractivity contribution < 1.29 is 9.90 Å². The zero-order valence-electron chi connectivity index (χ0n) is 11.5. The van der Waals surface area contributed by atoms with Gasteiger partial charge in [0.05, 0.1) is 12.0 Å². The van der Waals surface area contributed by atoms with Crippen molar-refractivity contribution in [3.8, 4) is 0 Å². The average Bonchev–Trinajstić information content (AvgIpc) is 2.73. The SMILES string of the molecule is CN1CCCC(CNC(=O)CC2(O)CCCC2)C1. The molecule has 0 aromatic carbocycles. The summed E-state index contributed by atoms with van der Waals surface area (Å²) in [5.74, 6) is 0.596. The molecule has 0 aromatic heterocycles. The monoisotopic (exact) mass is 254 g/mol. The van der Waals surface area contributed by atoms with E-state index in [0.717, 1.165) is 38.8 Å². The minimum absolute atomic E-state index is 0.0210. The molecule has 2 N–H and O–H groups in total. The van der Waals surface area contributed by atoms with E-state index in [4.69, 9.17) is 0 Å². The second-order valence-electron chi connectivity index (χ2n) is 6.18. The van der Waals surface area contributed by atoms with E-state index in [1.165, 1.54) is 19.4 Å². The highest BCUT2D eigenvalue weighted by atomic mass is 16.3. The number of hydrogen-bond acceptors (Lipinski definition) is 3. The van der Waals surface area contributed by atoms with Gasteiger partial charge < -0.3 is 15.3 Å². The molecule has 1 atom stereocenters. The fraction of sp³-hybridized carbons (Fsp3) is 0.929. The molecule has 0 aromatic rings. The van der Waals surface area contributed by atoms with Gasteiger partial charge in [0.25, 0.3) is 0 Å². The molecule has 4 nitrogen and oxygen atoms in total. The second-order valence-corrected chi connectivity index (χ2v) is 6.18. The van der Waals surface area contributed by atoms with Crippen molar-refractivity contribution in [3.05, 3.63) is 0 Å². The van der Waals surface area contributed by atoms with Crippen molar-refractivity contribution in [1.82, 2.24) is 10.2 Å². The molecule has 0 spiro atoms. The van der Waals surface area contributed by atoms with Gasteiger partial charge in [0, 0.05) is 13.1 Å². The summed E-state index contributed by atoms with van der Waals surface area (Å²) in [6.07, 6.45) is 6.39. The van der Waals surface area contributed by atoms with Gasteiger partial charge in [-0.3, -0.25) is 4.79 Å². The number of likely N-dealkylation sites (tertiary alicyclic amines) is 1. The zero-order valence-corrected chi connectivity index (χ0v) is 11.5. The summed E-state index contributed by atoms with van der Waals surface area (Å²) in [6, 6.07) is 0. The first-order chi connectivity index (χ1) is 8.57. The maximum absolute atomic E-state index is 11.8. The van der Waals surface area contributed by atoms with Crippen LogP contribution in [0, 0.1) is 5.92 Å². The molecule has 18 heavy (non-hydrogen) atoms. The Kier molecular flexibility index (Phi) is 4.62.